The Kier molecular flexibility index (Phi) is 10.5. The average molecular weight is 737 g/mol. The number of hydrogen-bond acceptors (Lipinski definition) is 8. The number of carbonyl (C=O) groups excluding carboxylic acids is 2. The van der Waals surface area contributed by atoms with Crippen molar-refractivity contribution in [2.24, 2.45) is 16.7 Å². The van der Waals surface area contributed by atoms with Gasteiger partial charge < -0.3 is 29.6 Å². The molecule has 3 aliphatic carbocycles. The standard InChI is InChI=1S/C21H29N5O.C21H31N5O/c1-25(19-17-6-11-22-18(17)23-14-24-19)16-4-7-21(8-5-16)9-12-26(13-10-21)20(27)15-2-3-15;1-3-4-18(27)26-13-10-21(11-14-26)8-5-16(6-9-21)25(2)20-17-7-12-22-19(17)23-15-24-20/h6,11,14-16H,2-5,7-10,12-13H2,1H3,(H,22,23,24);7,12,15-16H,3-6,8-11,13-14H2,1-2H3,(H,22,23,24). The summed E-state index contributed by atoms with van der Waals surface area (Å²) in [4.78, 5) is 57.5. The molecule has 9 rings (SSSR count). The highest BCUT2D eigenvalue weighted by molar-refractivity contribution is 5.88. The molecule has 12 nitrogen and oxygen atoms in total. The van der Waals surface area contributed by atoms with Gasteiger partial charge >= 0.3 is 0 Å². The summed E-state index contributed by atoms with van der Waals surface area (Å²) in [5.41, 5.74) is 2.73. The van der Waals surface area contributed by atoms with Gasteiger partial charge in [-0.25, -0.2) is 19.9 Å². The van der Waals surface area contributed by atoms with Crippen LogP contribution in [0.4, 0.5) is 11.6 Å². The molecule has 0 unspecified atom stereocenters. The van der Waals surface area contributed by atoms with Gasteiger partial charge in [-0.15, -0.1) is 0 Å². The number of H-pyrrole nitrogens is 2. The number of anilines is 2. The van der Waals surface area contributed by atoms with Crippen molar-refractivity contribution in [2.75, 3.05) is 50.1 Å². The van der Waals surface area contributed by atoms with Gasteiger partial charge in [0.15, 0.2) is 0 Å². The smallest absolute Gasteiger partial charge is 0.225 e. The van der Waals surface area contributed by atoms with Crippen LogP contribution in [0.3, 0.4) is 0 Å². The average Bonchev–Trinajstić information content (AvgIpc) is 3.74. The van der Waals surface area contributed by atoms with Gasteiger partial charge in [0.25, 0.3) is 0 Å². The summed E-state index contributed by atoms with van der Waals surface area (Å²) in [5, 5.41) is 2.20. The molecule has 290 valence electrons. The number of aromatic nitrogens is 6. The summed E-state index contributed by atoms with van der Waals surface area (Å²) in [6.07, 6.45) is 25.7. The number of fused-ring (bicyclic) bond motifs is 2. The van der Waals surface area contributed by atoms with E-state index in [-0.39, 0.29) is 0 Å². The summed E-state index contributed by atoms with van der Waals surface area (Å²) in [5.74, 6) is 3.20. The number of aromatic amines is 2. The number of rotatable bonds is 7. The fourth-order valence-corrected chi connectivity index (χ4v) is 10.2. The Morgan fingerprint density at radius 1 is 0.667 bits per heavy atom. The monoisotopic (exact) mass is 736 g/mol. The molecule has 2 aliphatic heterocycles. The van der Waals surface area contributed by atoms with Crippen molar-refractivity contribution in [3.63, 3.8) is 0 Å². The second-order valence-electron chi connectivity index (χ2n) is 17.3. The molecule has 0 aromatic carbocycles. The third-order valence-corrected chi connectivity index (χ3v) is 14.2. The van der Waals surface area contributed by atoms with Crippen LogP contribution >= 0.6 is 0 Å². The van der Waals surface area contributed by atoms with Crippen LogP contribution in [0.2, 0.25) is 0 Å². The Morgan fingerprint density at radius 2 is 1.11 bits per heavy atom. The maximum absolute atomic E-state index is 12.3. The highest BCUT2D eigenvalue weighted by Crippen LogP contribution is 2.48. The molecule has 2 N–H and O–H groups in total. The Morgan fingerprint density at radius 3 is 1.54 bits per heavy atom. The lowest BCUT2D eigenvalue weighted by molar-refractivity contribution is -0.135. The minimum atomic E-state index is 0.347. The Bertz CT molecular complexity index is 1880. The van der Waals surface area contributed by atoms with Crippen LogP contribution in [-0.4, -0.2) is 104 Å². The SMILES string of the molecule is CCCC(=O)N1CCC2(CCC(N(C)c3ncnc4[nH]ccc34)CC2)CC1.CN(c1ncnc2[nH]ccc12)C1CCC2(CC1)CCN(C(=O)C1CC1)CC2. The Balaban J connectivity index is 0.000000153. The van der Waals surface area contributed by atoms with Gasteiger partial charge in [-0.1, -0.05) is 6.92 Å². The maximum Gasteiger partial charge on any atom is 0.225 e. The molecular weight excluding hydrogens is 677 g/mol. The fourth-order valence-electron chi connectivity index (χ4n) is 10.2. The van der Waals surface area contributed by atoms with Gasteiger partial charge in [0.1, 0.15) is 35.6 Å². The van der Waals surface area contributed by atoms with Crippen LogP contribution in [-0.2, 0) is 9.59 Å². The first-order valence-electron chi connectivity index (χ1n) is 20.9. The van der Waals surface area contributed by atoms with Gasteiger partial charge in [0.2, 0.25) is 11.8 Å². The molecule has 3 saturated carbocycles. The van der Waals surface area contributed by atoms with E-state index in [0.717, 1.165) is 79.1 Å². The first-order valence-corrected chi connectivity index (χ1v) is 20.9. The van der Waals surface area contributed by atoms with E-state index in [9.17, 15) is 9.59 Å². The van der Waals surface area contributed by atoms with E-state index in [1.165, 1.54) is 77.0 Å². The highest BCUT2D eigenvalue weighted by atomic mass is 16.2. The van der Waals surface area contributed by atoms with Crippen molar-refractivity contribution in [1.29, 1.82) is 0 Å². The number of piperidine rings is 2. The molecular formula is C42H60N10O2. The molecule has 2 saturated heterocycles. The van der Waals surface area contributed by atoms with Crippen molar-refractivity contribution in [3.05, 3.63) is 37.2 Å². The topological polar surface area (TPSA) is 130 Å². The van der Waals surface area contributed by atoms with Gasteiger partial charge in [0.05, 0.1) is 10.8 Å². The first kappa shape index (κ1) is 36.7. The lowest BCUT2D eigenvalue weighted by Crippen LogP contribution is -2.47. The number of carbonyl (C=O) groups is 2. The van der Waals surface area contributed by atoms with Crippen molar-refractivity contribution in [1.82, 2.24) is 39.7 Å². The molecule has 54 heavy (non-hydrogen) atoms. The second kappa shape index (κ2) is 15.5. The van der Waals surface area contributed by atoms with E-state index in [4.69, 9.17) is 0 Å². The van der Waals surface area contributed by atoms with Gasteiger partial charge in [-0.05, 0) is 119 Å². The van der Waals surface area contributed by atoms with E-state index in [1.807, 2.05) is 12.4 Å². The van der Waals surface area contributed by atoms with E-state index in [2.05, 4.69) is 82.7 Å². The number of nitrogens with one attached hydrogen (secondary N) is 2. The molecule has 5 aliphatic rings. The normalized spacial score (nSPS) is 22.7. The lowest BCUT2D eigenvalue weighted by Gasteiger charge is -2.47. The minimum absolute atomic E-state index is 0.347. The van der Waals surface area contributed by atoms with Gasteiger partial charge in [0, 0.05) is 77.1 Å². The third-order valence-electron chi connectivity index (χ3n) is 14.2. The van der Waals surface area contributed by atoms with E-state index >= 15 is 0 Å². The van der Waals surface area contributed by atoms with Crippen LogP contribution < -0.4 is 9.80 Å². The van der Waals surface area contributed by atoms with Gasteiger partial charge in [-0.2, -0.15) is 0 Å². The van der Waals surface area contributed by atoms with E-state index < -0.39 is 0 Å². The molecule has 0 bridgehead atoms. The third kappa shape index (κ3) is 7.54. The minimum Gasteiger partial charge on any atom is -0.356 e. The molecule has 0 atom stereocenters. The zero-order valence-electron chi connectivity index (χ0n) is 32.7. The quantitative estimate of drug-likeness (QED) is 0.206. The summed E-state index contributed by atoms with van der Waals surface area (Å²) in [6, 6.07) is 5.20. The summed E-state index contributed by atoms with van der Waals surface area (Å²) < 4.78 is 0. The molecule has 0 radical (unpaired) electrons. The lowest BCUT2D eigenvalue weighted by atomic mass is 9.66. The van der Waals surface area contributed by atoms with E-state index in [1.54, 1.807) is 12.7 Å². The number of likely N-dealkylation sites (tertiary alicyclic amines) is 2. The molecule has 5 fully saturated rings. The molecule has 4 aromatic heterocycles. The fraction of sp³-hybridized carbons (Fsp3) is 0.667. The molecule has 2 spiro atoms. The summed E-state index contributed by atoms with van der Waals surface area (Å²) in [6.45, 7) is 5.95. The van der Waals surface area contributed by atoms with E-state index in [0.29, 0.717) is 47.1 Å². The molecule has 6 heterocycles. The van der Waals surface area contributed by atoms with Crippen LogP contribution in [0.15, 0.2) is 37.2 Å². The van der Waals surface area contributed by atoms with Crippen molar-refractivity contribution in [2.45, 2.75) is 122 Å². The predicted molar refractivity (Wildman–Crippen MR) is 213 cm³/mol. The maximum atomic E-state index is 12.3. The second-order valence-corrected chi connectivity index (χ2v) is 17.3. The highest BCUT2D eigenvalue weighted by Gasteiger charge is 2.43. The molecule has 2 amide bonds. The van der Waals surface area contributed by atoms with Crippen LogP contribution in [0.1, 0.15) is 110 Å². The zero-order chi connectivity index (χ0) is 37.3. The summed E-state index contributed by atoms with van der Waals surface area (Å²) in [7, 11) is 4.35. The van der Waals surface area contributed by atoms with Crippen molar-refractivity contribution >= 4 is 45.5 Å². The molecule has 12 heteroatoms. The van der Waals surface area contributed by atoms with Crippen LogP contribution in [0.5, 0.6) is 0 Å². The first-order chi connectivity index (χ1) is 26.3. The van der Waals surface area contributed by atoms with Crippen LogP contribution in [0, 0.1) is 16.7 Å². The number of nitrogens with zero attached hydrogens (tertiary/aromatic N) is 8. The number of hydrogen-bond donors (Lipinski definition) is 2. The Hall–Kier alpha value is -4.22. The van der Waals surface area contributed by atoms with Crippen molar-refractivity contribution < 1.29 is 9.59 Å². The summed E-state index contributed by atoms with van der Waals surface area (Å²) >= 11 is 0. The number of amides is 2. The van der Waals surface area contributed by atoms with Gasteiger partial charge in [-0.3, -0.25) is 9.59 Å². The van der Waals surface area contributed by atoms with Crippen molar-refractivity contribution in [3.8, 4) is 0 Å². The Labute approximate surface area is 319 Å². The largest absolute Gasteiger partial charge is 0.356 e. The van der Waals surface area contributed by atoms with Crippen LogP contribution in [0.25, 0.3) is 22.1 Å². The molecule has 4 aromatic rings. The zero-order valence-corrected chi connectivity index (χ0v) is 32.7. The predicted octanol–water partition coefficient (Wildman–Crippen LogP) is 7.10.